The lowest BCUT2D eigenvalue weighted by Crippen LogP contribution is -2.27. The van der Waals surface area contributed by atoms with Gasteiger partial charge in [0.05, 0.1) is 9.82 Å². The number of hydrogen-bond donors (Lipinski definition) is 2. The number of thioether (sulfide) groups is 1. The minimum absolute atomic E-state index is 0.107. The maximum atomic E-state index is 12.2. The Balaban J connectivity index is 1.41. The fraction of sp³-hybridized carbons (Fsp3) is 0.211. The van der Waals surface area contributed by atoms with Crippen LogP contribution < -0.4 is 10.0 Å². The molecule has 0 radical (unpaired) electrons. The summed E-state index contributed by atoms with van der Waals surface area (Å²) in [6.45, 7) is -0.135. The van der Waals surface area contributed by atoms with Crippen molar-refractivity contribution in [3.05, 3.63) is 75.3 Å². The molecule has 3 aromatic rings. The van der Waals surface area contributed by atoms with Gasteiger partial charge in [0.25, 0.3) is 5.69 Å². The number of amides is 1. The third kappa shape index (κ3) is 7.09. The number of nitrogens with one attached hydrogen (secondary N) is 2. The van der Waals surface area contributed by atoms with E-state index in [-0.39, 0.29) is 23.5 Å². The molecule has 0 unspecified atom stereocenters. The summed E-state index contributed by atoms with van der Waals surface area (Å²) in [7, 11) is -3.88. The van der Waals surface area contributed by atoms with Crippen molar-refractivity contribution < 1.29 is 18.1 Å². The first-order valence-corrected chi connectivity index (χ1v) is 12.8. The number of nitrogens with zero attached hydrogens (tertiary/aromatic N) is 3. The molecule has 3 rings (SSSR count). The van der Waals surface area contributed by atoms with Crippen LogP contribution in [0, 0.1) is 10.1 Å². The number of anilines is 1. The molecule has 2 N–H and O–H groups in total. The van der Waals surface area contributed by atoms with Gasteiger partial charge in [0, 0.05) is 36.6 Å². The number of non-ortho nitro benzene ring substituents is 1. The zero-order valence-corrected chi connectivity index (χ0v) is 19.1. The molecule has 1 amide bonds. The summed E-state index contributed by atoms with van der Waals surface area (Å²) in [4.78, 5) is 22.0. The molecule has 0 aliphatic heterocycles. The van der Waals surface area contributed by atoms with Crippen molar-refractivity contribution in [1.82, 2.24) is 14.9 Å². The van der Waals surface area contributed by atoms with Gasteiger partial charge in [0.2, 0.25) is 21.1 Å². The number of rotatable bonds is 11. The number of aromatic nitrogens is 2. The Morgan fingerprint density at radius 1 is 1.06 bits per heavy atom. The van der Waals surface area contributed by atoms with Gasteiger partial charge in [-0.25, -0.2) is 13.1 Å². The van der Waals surface area contributed by atoms with E-state index >= 15 is 0 Å². The predicted molar refractivity (Wildman–Crippen MR) is 123 cm³/mol. The van der Waals surface area contributed by atoms with Crippen LogP contribution in [0.2, 0.25) is 0 Å². The first-order valence-electron chi connectivity index (χ1n) is 9.31. The molecule has 0 bridgehead atoms. The smallest absolute Gasteiger partial charge is 0.269 e. The first kappa shape index (κ1) is 23.8. The van der Waals surface area contributed by atoms with Crippen LogP contribution in [0.15, 0.2) is 59.5 Å². The molecule has 32 heavy (non-hydrogen) atoms. The van der Waals surface area contributed by atoms with Crippen LogP contribution in [-0.4, -0.2) is 36.0 Å². The summed E-state index contributed by atoms with van der Waals surface area (Å²) in [5.74, 6) is 1.10. The van der Waals surface area contributed by atoms with Crippen molar-refractivity contribution >= 4 is 49.8 Å². The lowest BCUT2D eigenvalue weighted by atomic mass is 10.2. The molecular weight excluding hydrogens is 474 g/mol. The average Bonchev–Trinajstić information content (AvgIpc) is 3.21. The highest BCUT2D eigenvalue weighted by atomic mass is 32.2. The van der Waals surface area contributed by atoms with Crippen molar-refractivity contribution in [3.8, 4) is 0 Å². The number of hydrogen-bond acceptors (Lipinski definition) is 9. The van der Waals surface area contributed by atoms with Crippen LogP contribution >= 0.6 is 23.1 Å². The molecule has 0 aliphatic carbocycles. The van der Waals surface area contributed by atoms with E-state index in [2.05, 4.69) is 32.4 Å². The molecule has 0 atom stereocenters. The Labute approximate surface area is 192 Å². The second-order valence-electron chi connectivity index (χ2n) is 6.43. The van der Waals surface area contributed by atoms with E-state index in [1.54, 1.807) is 11.8 Å². The number of nitro benzene ring substituents is 1. The molecular formula is C19H19N5O5S3. The molecule has 1 aromatic heterocycles. The van der Waals surface area contributed by atoms with E-state index in [1.165, 1.54) is 16.9 Å². The van der Waals surface area contributed by atoms with Gasteiger partial charge in [-0.3, -0.25) is 14.9 Å². The van der Waals surface area contributed by atoms with E-state index in [0.717, 1.165) is 35.0 Å². The van der Waals surface area contributed by atoms with Crippen LogP contribution in [0.5, 0.6) is 0 Å². The molecule has 168 valence electrons. The SMILES string of the molecule is O=C(CCNS(=O)(=O)c1ccc([N+](=O)[O-])cc1)Nc1nnc(CSCc2ccccc2)s1. The molecule has 1 heterocycles. The summed E-state index contributed by atoms with van der Waals surface area (Å²) < 4.78 is 26.7. The number of carbonyl (C=O) groups is 1. The second-order valence-corrected chi connectivity index (χ2v) is 10.2. The van der Waals surface area contributed by atoms with E-state index < -0.39 is 20.9 Å². The molecule has 0 saturated heterocycles. The molecule has 0 saturated carbocycles. The number of carbonyl (C=O) groups excluding carboxylic acids is 1. The third-order valence-electron chi connectivity index (χ3n) is 4.05. The predicted octanol–water partition coefficient (Wildman–Crippen LogP) is 3.19. The van der Waals surface area contributed by atoms with E-state index in [4.69, 9.17) is 0 Å². The maximum Gasteiger partial charge on any atom is 0.269 e. The largest absolute Gasteiger partial charge is 0.300 e. The lowest BCUT2D eigenvalue weighted by molar-refractivity contribution is -0.384. The zero-order chi connectivity index (χ0) is 23.0. The molecule has 2 aromatic carbocycles. The minimum Gasteiger partial charge on any atom is -0.300 e. The minimum atomic E-state index is -3.88. The van der Waals surface area contributed by atoms with E-state index in [9.17, 15) is 23.3 Å². The molecule has 0 fully saturated rings. The topological polar surface area (TPSA) is 144 Å². The van der Waals surface area contributed by atoms with Crippen LogP contribution in [0.1, 0.15) is 17.0 Å². The van der Waals surface area contributed by atoms with Gasteiger partial charge in [-0.2, -0.15) is 0 Å². The summed E-state index contributed by atoms with van der Waals surface area (Å²) in [5, 5.41) is 22.4. The lowest BCUT2D eigenvalue weighted by Gasteiger charge is -2.06. The Kier molecular flexibility index (Phi) is 8.27. The van der Waals surface area contributed by atoms with Gasteiger partial charge in [0.15, 0.2) is 0 Å². The fourth-order valence-electron chi connectivity index (χ4n) is 2.50. The maximum absolute atomic E-state index is 12.2. The quantitative estimate of drug-likeness (QED) is 0.306. The van der Waals surface area contributed by atoms with Crippen LogP contribution in [0.3, 0.4) is 0 Å². The van der Waals surface area contributed by atoms with Crippen molar-refractivity contribution in [3.63, 3.8) is 0 Å². The molecule has 0 aliphatic rings. The second kappa shape index (κ2) is 11.1. The normalized spacial score (nSPS) is 11.2. The highest BCUT2D eigenvalue weighted by molar-refractivity contribution is 7.97. The molecule has 0 spiro atoms. The van der Waals surface area contributed by atoms with Crippen LogP contribution in [0.4, 0.5) is 10.8 Å². The molecule has 13 heteroatoms. The monoisotopic (exact) mass is 493 g/mol. The van der Waals surface area contributed by atoms with Crippen molar-refractivity contribution in [1.29, 1.82) is 0 Å². The summed E-state index contributed by atoms with van der Waals surface area (Å²) in [5.41, 5.74) is 1.00. The summed E-state index contributed by atoms with van der Waals surface area (Å²) in [6.07, 6.45) is -0.107. The van der Waals surface area contributed by atoms with Crippen molar-refractivity contribution in [2.24, 2.45) is 0 Å². The van der Waals surface area contributed by atoms with Gasteiger partial charge in [-0.1, -0.05) is 41.7 Å². The molecule has 10 nitrogen and oxygen atoms in total. The zero-order valence-electron chi connectivity index (χ0n) is 16.6. The van der Waals surface area contributed by atoms with E-state index in [0.29, 0.717) is 10.9 Å². The Bertz CT molecular complexity index is 1170. The van der Waals surface area contributed by atoms with Crippen molar-refractivity contribution in [2.45, 2.75) is 22.8 Å². The highest BCUT2D eigenvalue weighted by Crippen LogP contribution is 2.22. The van der Waals surface area contributed by atoms with Gasteiger partial charge >= 0.3 is 0 Å². The Hall–Kier alpha value is -2.87. The standard InChI is InChI=1S/C19H19N5O5S3/c25-17(10-11-20-32(28,29)16-8-6-15(7-9-16)24(26)27)21-19-23-22-18(31-19)13-30-12-14-4-2-1-3-5-14/h1-9,20H,10-13H2,(H,21,23,25). The Morgan fingerprint density at radius 3 is 2.47 bits per heavy atom. The number of benzene rings is 2. The van der Waals surface area contributed by atoms with Gasteiger partial charge in [0.1, 0.15) is 5.01 Å². The van der Waals surface area contributed by atoms with Gasteiger partial charge in [-0.05, 0) is 17.7 Å². The van der Waals surface area contributed by atoms with Gasteiger partial charge < -0.3 is 5.32 Å². The third-order valence-corrected chi connectivity index (χ3v) is 7.57. The highest BCUT2D eigenvalue weighted by Gasteiger charge is 2.16. The first-order chi connectivity index (χ1) is 15.3. The number of nitro groups is 1. The summed E-state index contributed by atoms with van der Waals surface area (Å²) in [6, 6.07) is 14.5. The van der Waals surface area contributed by atoms with E-state index in [1.807, 2.05) is 18.2 Å². The fourth-order valence-corrected chi connectivity index (χ4v) is 5.34. The van der Waals surface area contributed by atoms with Crippen molar-refractivity contribution in [2.75, 3.05) is 11.9 Å². The Morgan fingerprint density at radius 2 is 1.78 bits per heavy atom. The van der Waals surface area contributed by atoms with Crippen LogP contribution in [-0.2, 0) is 26.3 Å². The number of sulfonamides is 1. The summed E-state index contributed by atoms with van der Waals surface area (Å²) >= 11 is 2.96. The average molecular weight is 494 g/mol. The van der Waals surface area contributed by atoms with Gasteiger partial charge in [-0.15, -0.1) is 22.0 Å². The van der Waals surface area contributed by atoms with Crippen LogP contribution in [0.25, 0.3) is 0 Å².